The highest BCUT2D eigenvalue weighted by molar-refractivity contribution is 7.99. The molecule has 3 nitrogen and oxygen atoms in total. The SMILES string of the molecule is CSC1CCCC(NCC(=O)NC(C)C(C)C)C1. The van der Waals surface area contributed by atoms with E-state index in [9.17, 15) is 4.79 Å². The molecule has 0 radical (unpaired) electrons. The quantitative estimate of drug-likeness (QED) is 0.780. The van der Waals surface area contributed by atoms with Gasteiger partial charge in [0.1, 0.15) is 0 Å². The second kappa shape index (κ2) is 8.05. The van der Waals surface area contributed by atoms with Gasteiger partial charge in [0.25, 0.3) is 0 Å². The van der Waals surface area contributed by atoms with Crippen LogP contribution < -0.4 is 10.6 Å². The normalized spacial score (nSPS) is 26.1. The summed E-state index contributed by atoms with van der Waals surface area (Å²) in [5.41, 5.74) is 0. The van der Waals surface area contributed by atoms with Crippen LogP contribution in [-0.2, 0) is 4.79 Å². The van der Waals surface area contributed by atoms with Crippen LogP contribution >= 0.6 is 11.8 Å². The van der Waals surface area contributed by atoms with Crippen molar-refractivity contribution in [2.45, 2.75) is 63.8 Å². The van der Waals surface area contributed by atoms with Crippen LogP contribution in [-0.4, -0.2) is 36.0 Å². The Labute approximate surface area is 116 Å². The van der Waals surface area contributed by atoms with E-state index in [2.05, 4.69) is 37.7 Å². The van der Waals surface area contributed by atoms with Crippen LogP contribution in [0.2, 0.25) is 0 Å². The molecule has 3 unspecified atom stereocenters. The van der Waals surface area contributed by atoms with Gasteiger partial charge in [-0.1, -0.05) is 20.3 Å². The number of carbonyl (C=O) groups is 1. The molecule has 0 aromatic heterocycles. The average Bonchev–Trinajstić information content (AvgIpc) is 2.36. The summed E-state index contributed by atoms with van der Waals surface area (Å²) in [5.74, 6) is 0.618. The number of nitrogens with one attached hydrogen (secondary N) is 2. The summed E-state index contributed by atoms with van der Waals surface area (Å²) >= 11 is 1.96. The van der Waals surface area contributed by atoms with Gasteiger partial charge < -0.3 is 10.6 Å². The van der Waals surface area contributed by atoms with Gasteiger partial charge >= 0.3 is 0 Å². The molecule has 0 heterocycles. The molecule has 1 amide bonds. The lowest BCUT2D eigenvalue weighted by Crippen LogP contribution is -2.45. The molecule has 1 aliphatic rings. The van der Waals surface area contributed by atoms with Crippen molar-refractivity contribution >= 4 is 17.7 Å². The number of amides is 1. The van der Waals surface area contributed by atoms with Crippen molar-refractivity contribution in [1.82, 2.24) is 10.6 Å². The summed E-state index contributed by atoms with van der Waals surface area (Å²) in [6.45, 7) is 6.78. The molecule has 0 aromatic rings. The topological polar surface area (TPSA) is 41.1 Å². The molecule has 0 aromatic carbocycles. The van der Waals surface area contributed by atoms with E-state index in [0.29, 0.717) is 18.5 Å². The van der Waals surface area contributed by atoms with Gasteiger partial charge in [-0.2, -0.15) is 11.8 Å². The Morgan fingerprint density at radius 3 is 2.67 bits per heavy atom. The molecule has 0 aliphatic heterocycles. The van der Waals surface area contributed by atoms with Crippen molar-refractivity contribution in [3.05, 3.63) is 0 Å². The van der Waals surface area contributed by atoms with Gasteiger partial charge in [0.2, 0.25) is 5.91 Å². The third kappa shape index (κ3) is 5.61. The van der Waals surface area contributed by atoms with E-state index in [1.54, 1.807) is 0 Å². The minimum absolute atomic E-state index is 0.127. The van der Waals surface area contributed by atoms with E-state index in [1.165, 1.54) is 25.7 Å². The van der Waals surface area contributed by atoms with Crippen molar-refractivity contribution < 1.29 is 4.79 Å². The van der Waals surface area contributed by atoms with Crippen LogP contribution in [0, 0.1) is 5.92 Å². The zero-order chi connectivity index (χ0) is 13.5. The van der Waals surface area contributed by atoms with Crippen LogP contribution in [0.25, 0.3) is 0 Å². The molecule has 1 saturated carbocycles. The van der Waals surface area contributed by atoms with E-state index < -0.39 is 0 Å². The first-order valence-corrected chi connectivity index (χ1v) is 8.37. The molecule has 0 bridgehead atoms. The van der Waals surface area contributed by atoms with Crippen molar-refractivity contribution in [2.75, 3.05) is 12.8 Å². The molecule has 0 saturated heterocycles. The molecule has 106 valence electrons. The fraction of sp³-hybridized carbons (Fsp3) is 0.929. The lowest BCUT2D eigenvalue weighted by Gasteiger charge is -2.29. The summed E-state index contributed by atoms with van der Waals surface area (Å²) in [5, 5.41) is 7.21. The van der Waals surface area contributed by atoms with Gasteiger partial charge in [-0.25, -0.2) is 0 Å². The third-order valence-corrected chi connectivity index (χ3v) is 4.99. The zero-order valence-corrected chi connectivity index (χ0v) is 13.0. The third-order valence-electron chi connectivity index (χ3n) is 3.90. The molecule has 3 atom stereocenters. The van der Waals surface area contributed by atoms with E-state index >= 15 is 0 Å². The van der Waals surface area contributed by atoms with E-state index in [-0.39, 0.29) is 11.9 Å². The predicted molar refractivity (Wildman–Crippen MR) is 80.0 cm³/mol. The van der Waals surface area contributed by atoms with Crippen molar-refractivity contribution in [2.24, 2.45) is 5.92 Å². The Balaban J connectivity index is 2.21. The standard InChI is InChI=1S/C14H28N2OS/c1-10(2)11(3)16-14(17)9-15-12-6-5-7-13(8-12)18-4/h10-13,15H,5-9H2,1-4H3,(H,16,17). The number of hydrogen-bond acceptors (Lipinski definition) is 3. The maximum Gasteiger partial charge on any atom is 0.234 e. The molecule has 2 N–H and O–H groups in total. The van der Waals surface area contributed by atoms with E-state index in [4.69, 9.17) is 0 Å². The van der Waals surface area contributed by atoms with Crippen molar-refractivity contribution in [3.63, 3.8) is 0 Å². The second-order valence-electron chi connectivity index (χ2n) is 5.70. The number of rotatable bonds is 6. The highest BCUT2D eigenvalue weighted by atomic mass is 32.2. The van der Waals surface area contributed by atoms with Crippen molar-refractivity contribution in [3.8, 4) is 0 Å². The van der Waals surface area contributed by atoms with Gasteiger partial charge in [-0.15, -0.1) is 0 Å². The monoisotopic (exact) mass is 272 g/mol. The minimum Gasteiger partial charge on any atom is -0.352 e. The van der Waals surface area contributed by atoms with E-state index in [1.807, 2.05) is 11.8 Å². The number of hydrogen-bond donors (Lipinski definition) is 2. The first-order valence-electron chi connectivity index (χ1n) is 7.08. The highest BCUT2D eigenvalue weighted by Crippen LogP contribution is 2.26. The predicted octanol–water partition coefficient (Wildman–Crippen LogP) is 2.41. The summed E-state index contributed by atoms with van der Waals surface area (Å²) in [4.78, 5) is 11.8. The fourth-order valence-electron chi connectivity index (χ4n) is 2.25. The van der Waals surface area contributed by atoms with Crippen LogP contribution in [0.1, 0.15) is 46.5 Å². The molecule has 1 rings (SSSR count). The first-order chi connectivity index (χ1) is 8.52. The average molecular weight is 272 g/mol. The molecule has 0 spiro atoms. The van der Waals surface area contributed by atoms with Gasteiger partial charge in [-0.05, 0) is 38.4 Å². The lowest BCUT2D eigenvalue weighted by atomic mass is 9.95. The first kappa shape index (κ1) is 15.8. The Bertz CT molecular complexity index is 258. The fourth-order valence-corrected chi connectivity index (χ4v) is 3.08. The van der Waals surface area contributed by atoms with Crippen LogP contribution in [0.4, 0.5) is 0 Å². The zero-order valence-electron chi connectivity index (χ0n) is 12.2. The number of carbonyl (C=O) groups excluding carboxylic acids is 1. The minimum atomic E-state index is 0.127. The van der Waals surface area contributed by atoms with Crippen LogP contribution in [0.3, 0.4) is 0 Å². The van der Waals surface area contributed by atoms with Crippen LogP contribution in [0.5, 0.6) is 0 Å². The second-order valence-corrected chi connectivity index (χ2v) is 6.84. The Kier molecular flexibility index (Phi) is 7.08. The van der Waals surface area contributed by atoms with Gasteiger partial charge in [0.05, 0.1) is 6.54 Å². The van der Waals surface area contributed by atoms with Gasteiger partial charge in [0, 0.05) is 17.3 Å². The van der Waals surface area contributed by atoms with Crippen molar-refractivity contribution in [1.29, 1.82) is 0 Å². The molecule has 1 fully saturated rings. The number of thioether (sulfide) groups is 1. The van der Waals surface area contributed by atoms with Gasteiger partial charge in [-0.3, -0.25) is 4.79 Å². The summed E-state index contributed by atoms with van der Waals surface area (Å²) in [6, 6.07) is 0.779. The summed E-state index contributed by atoms with van der Waals surface area (Å²) < 4.78 is 0. The highest BCUT2D eigenvalue weighted by Gasteiger charge is 2.21. The van der Waals surface area contributed by atoms with Gasteiger partial charge in [0.15, 0.2) is 0 Å². The van der Waals surface area contributed by atoms with E-state index in [0.717, 1.165) is 5.25 Å². The maximum atomic E-state index is 11.8. The summed E-state index contributed by atoms with van der Waals surface area (Å²) in [6.07, 6.45) is 7.21. The van der Waals surface area contributed by atoms with Crippen LogP contribution in [0.15, 0.2) is 0 Å². The Hall–Kier alpha value is -0.220. The summed E-state index contributed by atoms with van der Waals surface area (Å²) in [7, 11) is 0. The Morgan fingerprint density at radius 1 is 1.33 bits per heavy atom. The maximum absolute atomic E-state index is 11.8. The molecule has 1 aliphatic carbocycles. The largest absolute Gasteiger partial charge is 0.352 e. The smallest absolute Gasteiger partial charge is 0.234 e. The molecular weight excluding hydrogens is 244 g/mol. The molecule has 4 heteroatoms. The molecular formula is C14H28N2OS. The lowest BCUT2D eigenvalue weighted by molar-refractivity contribution is -0.121. The Morgan fingerprint density at radius 2 is 2.06 bits per heavy atom. The molecule has 18 heavy (non-hydrogen) atoms.